The van der Waals surface area contributed by atoms with E-state index in [0.717, 1.165) is 6.54 Å². The third-order valence-electron chi connectivity index (χ3n) is 2.94. The molecule has 1 saturated heterocycles. The SMILES string of the molecule is CC1CCN1C(CO)C(C)(C)C. The van der Waals surface area contributed by atoms with E-state index in [1.165, 1.54) is 6.42 Å². The molecule has 0 spiro atoms. The van der Waals surface area contributed by atoms with Crippen LogP contribution in [0, 0.1) is 5.41 Å². The van der Waals surface area contributed by atoms with Gasteiger partial charge in [0.2, 0.25) is 0 Å². The highest BCUT2D eigenvalue weighted by Crippen LogP contribution is 2.30. The van der Waals surface area contributed by atoms with E-state index in [0.29, 0.717) is 12.1 Å². The quantitative estimate of drug-likeness (QED) is 0.680. The molecule has 0 aliphatic carbocycles. The van der Waals surface area contributed by atoms with Gasteiger partial charge < -0.3 is 5.11 Å². The summed E-state index contributed by atoms with van der Waals surface area (Å²) in [6.07, 6.45) is 1.28. The molecule has 0 aromatic heterocycles. The van der Waals surface area contributed by atoms with Gasteiger partial charge in [0.15, 0.2) is 0 Å². The van der Waals surface area contributed by atoms with Crippen LogP contribution >= 0.6 is 0 Å². The Morgan fingerprint density at radius 1 is 1.50 bits per heavy atom. The summed E-state index contributed by atoms with van der Waals surface area (Å²) in [5, 5.41) is 9.27. The van der Waals surface area contributed by atoms with Gasteiger partial charge in [0.1, 0.15) is 0 Å². The van der Waals surface area contributed by atoms with Crippen LogP contribution in [-0.4, -0.2) is 35.2 Å². The lowest BCUT2D eigenvalue weighted by Crippen LogP contribution is -2.57. The zero-order valence-corrected chi connectivity index (χ0v) is 8.67. The van der Waals surface area contributed by atoms with Gasteiger partial charge in [-0.05, 0) is 18.8 Å². The Kier molecular flexibility index (Phi) is 2.79. The predicted octanol–water partition coefficient (Wildman–Crippen LogP) is 1.49. The van der Waals surface area contributed by atoms with Gasteiger partial charge in [0.25, 0.3) is 0 Å². The zero-order chi connectivity index (χ0) is 9.35. The van der Waals surface area contributed by atoms with Crippen molar-refractivity contribution in [1.82, 2.24) is 4.90 Å². The summed E-state index contributed by atoms with van der Waals surface area (Å²) in [5.74, 6) is 0. The minimum absolute atomic E-state index is 0.198. The minimum Gasteiger partial charge on any atom is -0.395 e. The summed E-state index contributed by atoms with van der Waals surface area (Å²) in [5.41, 5.74) is 0.198. The van der Waals surface area contributed by atoms with Crippen molar-refractivity contribution >= 4 is 0 Å². The van der Waals surface area contributed by atoms with Crippen molar-refractivity contribution in [2.75, 3.05) is 13.2 Å². The first-order chi connectivity index (χ1) is 5.46. The molecular weight excluding hydrogens is 150 g/mol. The van der Waals surface area contributed by atoms with E-state index in [2.05, 4.69) is 32.6 Å². The van der Waals surface area contributed by atoms with Gasteiger partial charge in [-0.25, -0.2) is 0 Å². The first kappa shape index (κ1) is 10.0. The third-order valence-corrected chi connectivity index (χ3v) is 2.94. The smallest absolute Gasteiger partial charge is 0.0592 e. The van der Waals surface area contributed by atoms with E-state index in [9.17, 15) is 5.11 Å². The van der Waals surface area contributed by atoms with E-state index in [-0.39, 0.29) is 12.0 Å². The van der Waals surface area contributed by atoms with Crippen LogP contribution in [0.2, 0.25) is 0 Å². The molecule has 1 N–H and O–H groups in total. The summed E-state index contributed by atoms with van der Waals surface area (Å²) in [7, 11) is 0. The fraction of sp³-hybridized carbons (Fsp3) is 1.00. The van der Waals surface area contributed by atoms with E-state index in [1.807, 2.05) is 0 Å². The van der Waals surface area contributed by atoms with Crippen molar-refractivity contribution in [1.29, 1.82) is 0 Å². The van der Waals surface area contributed by atoms with Crippen LogP contribution in [0.5, 0.6) is 0 Å². The zero-order valence-electron chi connectivity index (χ0n) is 8.67. The van der Waals surface area contributed by atoms with Gasteiger partial charge in [-0.2, -0.15) is 0 Å². The minimum atomic E-state index is 0.198. The number of nitrogens with zero attached hydrogens (tertiary/aromatic N) is 1. The average molecular weight is 171 g/mol. The van der Waals surface area contributed by atoms with Crippen molar-refractivity contribution in [2.24, 2.45) is 5.41 Å². The molecule has 1 heterocycles. The summed E-state index contributed by atoms with van der Waals surface area (Å²) in [4.78, 5) is 2.40. The van der Waals surface area contributed by atoms with E-state index in [1.54, 1.807) is 0 Å². The molecule has 0 aromatic carbocycles. The Morgan fingerprint density at radius 3 is 2.17 bits per heavy atom. The molecule has 2 atom stereocenters. The summed E-state index contributed by atoms with van der Waals surface area (Å²) < 4.78 is 0. The van der Waals surface area contributed by atoms with Gasteiger partial charge in [0, 0.05) is 18.6 Å². The highest BCUT2D eigenvalue weighted by molar-refractivity contribution is 4.90. The molecule has 0 saturated carbocycles. The number of likely N-dealkylation sites (tertiary alicyclic amines) is 1. The molecule has 0 aromatic rings. The van der Waals surface area contributed by atoms with Crippen LogP contribution in [0.25, 0.3) is 0 Å². The summed E-state index contributed by atoms with van der Waals surface area (Å²) in [6.45, 7) is 10.3. The van der Waals surface area contributed by atoms with Gasteiger partial charge in [-0.15, -0.1) is 0 Å². The van der Waals surface area contributed by atoms with Crippen molar-refractivity contribution in [2.45, 2.75) is 46.2 Å². The Bertz CT molecular complexity index is 150. The molecule has 0 bridgehead atoms. The Labute approximate surface area is 75.6 Å². The molecule has 1 aliphatic rings. The van der Waals surface area contributed by atoms with Crippen LogP contribution in [-0.2, 0) is 0 Å². The fourth-order valence-corrected chi connectivity index (χ4v) is 1.88. The van der Waals surface area contributed by atoms with Crippen molar-refractivity contribution in [3.63, 3.8) is 0 Å². The maximum absolute atomic E-state index is 9.27. The van der Waals surface area contributed by atoms with Crippen LogP contribution < -0.4 is 0 Å². The molecule has 12 heavy (non-hydrogen) atoms. The third kappa shape index (κ3) is 1.80. The second-order valence-electron chi connectivity index (χ2n) is 4.94. The standard InChI is InChI=1S/C10H21NO/c1-8-5-6-11(8)9(7-12)10(2,3)4/h8-9,12H,5-7H2,1-4H3. The van der Waals surface area contributed by atoms with Gasteiger partial charge >= 0.3 is 0 Å². The largest absolute Gasteiger partial charge is 0.395 e. The fourth-order valence-electron chi connectivity index (χ4n) is 1.88. The second-order valence-corrected chi connectivity index (χ2v) is 4.94. The first-order valence-corrected chi connectivity index (χ1v) is 4.83. The molecule has 0 radical (unpaired) electrons. The molecule has 1 aliphatic heterocycles. The van der Waals surface area contributed by atoms with Crippen LogP contribution in [0.4, 0.5) is 0 Å². The molecule has 1 fully saturated rings. The van der Waals surface area contributed by atoms with E-state index in [4.69, 9.17) is 0 Å². The number of hydrogen-bond donors (Lipinski definition) is 1. The number of hydrogen-bond acceptors (Lipinski definition) is 2. The molecule has 2 nitrogen and oxygen atoms in total. The number of rotatable bonds is 2. The highest BCUT2D eigenvalue weighted by Gasteiger charge is 2.36. The van der Waals surface area contributed by atoms with Crippen LogP contribution in [0.15, 0.2) is 0 Å². The van der Waals surface area contributed by atoms with Gasteiger partial charge in [0.05, 0.1) is 6.61 Å². The van der Waals surface area contributed by atoms with Crippen LogP contribution in [0.1, 0.15) is 34.1 Å². The van der Waals surface area contributed by atoms with Crippen LogP contribution in [0.3, 0.4) is 0 Å². The highest BCUT2D eigenvalue weighted by atomic mass is 16.3. The predicted molar refractivity (Wildman–Crippen MR) is 51.1 cm³/mol. The van der Waals surface area contributed by atoms with E-state index < -0.39 is 0 Å². The second kappa shape index (κ2) is 3.35. The number of aliphatic hydroxyl groups excluding tert-OH is 1. The average Bonchev–Trinajstić information content (AvgIpc) is 1.94. The Morgan fingerprint density at radius 2 is 2.08 bits per heavy atom. The molecule has 0 amide bonds. The Hall–Kier alpha value is -0.0800. The monoisotopic (exact) mass is 171 g/mol. The number of aliphatic hydroxyl groups is 1. The molecule has 1 rings (SSSR count). The topological polar surface area (TPSA) is 23.5 Å². The maximum atomic E-state index is 9.27. The first-order valence-electron chi connectivity index (χ1n) is 4.83. The Balaban J connectivity index is 2.56. The lowest BCUT2D eigenvalue weighted by atomic mass is 9.83. The molecule has 72 valence electrons. The molecular formula is C10H21NO. The van der Waals surface area contributed by atoms with Crippen molar-refractivity contribution < 1.29 is 5.11 Å². The lowest BCUT2D eigenvalue weighted by Gasteiger charge is -2.48. The van der Waals surface area contributed by atoms with Gasteiger partial charge in [-0.3, -0.25) is 4.90 Å². The normalized spacial score (nSPS) is 28.2. The van der Waals surface area contributed by atoms with E-state index >= 15 is 0 Å². The summed E-state index contributed by atoms with van der Waals surface area (Å²) >= 11 is 0. The summed E-state index contributed by atoms with van der Waals surface area (Å²) in [6, 6.07) is 1.00. The van der Waals surface area contributed by atoms with Gasteiger partial charge in [-0.1, -0.05) is 20.8 Å². The maximum Gasteiger partial charge on any atom is 0.0592 e. The van der Waals surface area contributed by atoms with Crippen molar-refractivity contribution in [3.8, 4) is 0 Å². The van der Waals surface area contributed by atoms with Crippen molar-refractivity contribution in [3.05, 3.63) is 0 Å². The molecule has 2 unspecified atom stereocenters. The lowest BCUT2D eigenvalue weighted by molar-refractivity contribution is -0.0282. The molecule has 2 heteroatoms.